The van der Waals surface area contributed by atoms with Crippen LogP contribution >= 0.6 is 0 Å². The van der Waals surface area contributed by atoms with Crippen molar-refractivity contribution in [3.8, 4) is 17.1 Å². The van der Waals surface area contributed by atoms with Gasteiger partial charge in [-0.1, -0.05) is 18.2 Å². The van der Waals surface area contributed by atoms with Crippen molar-refractivity contribution in [3.05, 3.63) is 48.0 Å². The van der Waals surface area contributed by atoms with Crippen molar-refractivity contribution in [2.45, 2.75) is 38.9 Å². The van der Waals surface area contributed by atoms with E-state index >= 15 is 0 Å². The Hall–Kier alpha value is -3.23. The Morgan fingerprint density at radius 3 is 2.45 bits per heavy atom. The molecule has 1 aliphatic rings. The molecule has 4 rings (SSSR count). The van der Waals surface area contributed by atoms with Gasteiger partial charge in [-0.15, -0.1) is 0 Å². The third kappa shape index (κ3) is 5.07. The van der Waals surface area contributed by atoms with Crippen LogP contribution in [0.5, 0.6) is 5.75 Å². The molecule has 1 atom stereocenters. The molecule has 174 valence electrons. The Morgan fingerprint density at radius 2 is 1.79 bits per heavy atom. The van der Waals surface area contributed by atoms with Gasteiger partial charge in [0.25, 0.3) is 5.91 Å². The maximum Gasteiger partial charge on any atom is 0.251 e. The maximum atomic E-state index is 12.6. The van der Waals surface area contributed by atoms with Crippen LogP contribution in [-0.4, -0.2) is 74.0 Å². The third-order valence-corrected chi connectivity index (χ3v) is 5.85. The largest absolute Gasteiger partial charge is 0.507 e. The number of aromatic hydroxyl groups is 1. The second-order valence-electron chi connectivity index (χ2n) is 9.25. The summed E-state index contributed by atoms with van der Waals surface area (Å²) in [5.74, 6) is 0.948. The number of aliphatic hydroxyl groups excluding tert-OH is 1. The normalized spacial score (nSPS) is 15.7. The van der Waals surface area contributed by atoms with E-state index in [1.54, 1.807) is 36.9 Å². The molecule has 8 nitrogen and oxygen atoms in total. The minimum Gasteiger partial charge on any atom is -0.507 e. The molecule has 8 heteroatoms. The van der Waals surface area contributed by atoms with Crippen LogP contribution in [-0.2, 0) is 4.79 Å². The predicted molar refractivity (Wildman–Crippen MR) is 127 cm³/mol. The zero-order chi connectivity index (χ0) is 23.8. The van der Waals surface area contributed by atoms with Crippen LogP contribution in [0.25, 0.3) is 22.3 Å². The number of amides is 1. The first-order valence-electron chi connectivity index (χ1n) is 11.1. The molecule has 2 heterocycles. The molecule has 2 aromatic carbocycles. The second kappa shape index (κ2) is 8.96. The number of fused-ring (bicyclic) bond motifs is 1. The van der Waals surface area contributed by atoms with E-state index in [1.807, 2.05) is 31.2 Å². The van der Waals surface area contributed by atoms with Gasteiger partial charge in [0.15, 0.2) is 5.82 Å². The highest BCUT2D eigenvalue weighted by Crippen LogP contribution is 2.32. The fourth-order valence-corrected chi connectivity index (χ4v) is 4.16. The Balaban J connectivity index is 1.61. The Kier molecular flexibility index (Phi) is 6.23. The van der Waals surface area contributed by atoms with E-state index in [-0.39, 0.29) is 18.1 Å². The van der Waals surface area contributed by atoms with Gasteiger partial charge in [0.2, 0.25) is 0 Å². The Morgan fingerprint density at radius 1 is 1.09 bits per heavy atom. The van der Waals surface area contributed by atoms with Gasteiger partial charge in [0.1, 0.15) is 17.7 Å². The zero-order valence-corrected chi connectivity index (χ0v) is 19.2. The molecule has 0 radical (unpaired) electrons. The second-order valence-corrected chi connectivity index (χ2v) is 9.25. The zero-order valence-electron chi connectivity index (χ0n) is 19.2. The first-order valence-corrected chi connectivity index (χ1v) is 11.1. The molecule has 1 saturated heterocycles. The van der Waals surface area contributed by atoms with Crippen LogP contribution in [0.2, 0.25) is 0 Å². The molecule has 0 bridgehead atoms. The van der Waals surface area contributed by atoms with E-state index in [9.17, 15) is 20.1 Å². The molecule has 1 fully saturated rings. The molecular formula is C25H30N4O4. The van der Waals surface area contributed by atoms with Crippen LogP contribution < -0.4 is 4.90 Å². The van der Waals surface area contributed by atoms with Gasteiger partial charge >= 0.3 is 0 Å². The van der Waals surface area contributed by atoms with Crippen molar-refractivity contribution in [1.29, 1.82) is 0 Å². The first kappa shape index (κ1) is 22.9. The number of carbonyl (C=O) groups excluding carboxylic acids is 1. The van der Waals surface area contributed by atoms with E-state index in [2.05, 4.69) is 4.90 Å². The van der Waals surface area contributed by atoms with E-state index in [4.69, 9.17) is 9.97 Å². The number of aliphatic hydroxyl groups is 2. The fraction of sp³-hybridized carbons (Fsp3) is 0.400. The molecule has 1 unspecified atom stereocenters. The summed E-state index contributed by atoms with van der Waals surface area (Å²) in [6, 6.07) is 13.0. The SMILES string of the molecule is Cc1ccc2c(N3CCN(C(=O)C(O)CC(C)(C)O)CC3)nc(-c3ccccc3O)nc2c1. The predicted octanol–water partition coefficient (Wildman–Crippen LogP) is 2.48. The van der Waals surface area contributed by atoms with Crippen LogP contribution in [0.4, 0.5) is 5.82 Å². The quantitative estimate of drug-likeness (QED) is 0.548. The summed E-state index contributed by atoms with van der Waals surface area (Å²) < 4.78 is 0. The van der Waals surface area contributed by atoms with Gasteiger partial charge in [0.05, 0.1) is 16.7 Å². The van der Waals surface area contributed by atoms with Gasteiger partial charge in [-0.05, 0) is 50.6 Å². The van der Waals surface area contributed by atoms with Crippen molar-refractivity contribution in [2.24, 2.45) is 0 Å². The highest BCUT2D eigenvalue weighted by atomic mass is 16.3. The summed E-state index contributed by atoms with van der Waals surface area (Å²) >= 11 is 0. The fourth-order valence-electron chi connectivity index (χ4n) is 4.16. The number of aryl methyl sites for hydroxylation is 1. The third-order valence-electron chi connectivity index (χ3n) is 5.85. The number of para-hydroxylation sites is 1. The molecule has 0 saturated carbocycles. The van der Waals surface area contributed by atoms with Crippen LogP contribution in [0.15, 0.2) is 42.5 Å². The number of piperazine rings is 1. The molecule has 0 spiro atoms. The molecule has 1 aromatic heterocycles. The molecule has 33 heavy (non-hydrogen) atoms. The number of aromatic nitrogens is 2. The van der Waals surface area contributed by atoms with Gasteiger partial charge in [-0.2, -0.15) is 0 Å². The van der Waals surface area contributed by atoms with Crippen molar-refractivity contribution < 1.29 is 20.1 Å². The highest BCUT2D eigenvalue weighted by molar-refractivity contribution is 5.92. The van der Waals surface area contributed by atoms with Crippen LogP contribution in [0.3, 0.4) is 0 Å². The minimum absolute atomic E-state index is 0.00806. The standard InChI is InChI=1S/C25H30N4O4/c1-16-8-9-17-19(14-16)26-22(18-6-4-5-7-20(18)30)27-23(17)28-10-12-29(13-11-28)24(32)21(31)15-25(2,3)33/h4-9,14,21,30-31,33H,10-13,15H2,1-3H3. The van der Waals surface area contributed by atoms with E-state index < -0.39 is 11.7 Å². The summed E-state index contributed by atoms with van der Waals surface area (Å²) in [6.45, 7) is 7.11. The summed E-state index contributed by atoms with van der Waals surface area (Å²) in [5, 5.41) is 31.4. The average molecular weight is 451 g/mol. The Labute approximate surface area is 193 Å². The lowest BCUT2D eigenvalue weighted by Gasteiger charge is -2.37. The number of phenols is 1. The smallest absolute Gasteiger partial charge is 0.251 e. The Bertz CT molecular complexity index is 1170. The molecular weight excluding hydrogens is 420 g/mol. The number of hydrogen-bond acceptors (Lipinski definition) is 7. The summed E-state index contributed by atoms with van der Waals surface area (Å²) in [4.78, 5) is 25.9. The lowest BCUT2D eigenvalue weighted by atomic mass is 10.00. The summed E-state index contributed by atoms with van der Waals surface area (Å²) in [7, 11) is 0. The lowest BCUT2D eigenvalue weighted by Crippen LogP contribution is -2.52. The highest BCUT2D eigenvalue weighted by Gasteiger charge is 2.30. The van der Waals surface area contributed by atoms with Crippen LogP contribution in [0, 0.1) is 6.92 Å². The monoisotopic (exact) mass is 450 g/mol. The van der Waals surface area contributed by atoms with Crippen molar-refractivity contribution >= 4 is 22.6 Å². The van der Waals surface area contributed by atoms with Crippen molar-refractivity contribution in [2.75, 3.05) is 31.1 Å². The van der Waals surface area contributed by atoms with Gasteiger partial charge < -0.3 is 25.1 Å². The van der Waals surface area contributed by atoms with E-state index in [0.717, 1.165) is 22.3 Å². The molecule has 3 aromatic rings. The first-order chi connectivity index (χ1) is 15.6. The van der Waals surface area contributed by atoms with Gasteiger partial charge in [0, 0.05) is 38.0 Å². The average Bonchev–Trinajstić information content (AvgIpc) is 2.77. The van der Waals surface area contributed by atoms with Gasteiger partial charge in [-0.3, -0.25) is 4.79 Å². The van der Waals surface area contributed by atoms with Crippen molar-refractivity contribution in [3.63, 3.8) is 0 Å². The van der Waals surface area contributed by atoms with Crippen LogP contribution in [0.1, 0.15) is 25.8 Å². The number of hydrogen-bond donors (Lipinski definition) is 3. The number of phenolic OH excluding ortho intramolecular Hbond substituents is 1. The molecule has 0 aliphatic carbocycles. The number of rotatable bonds is 5. The van der Waals surface area contributed by atoms with E-state index in [1.165, 1.54) is 0 Å². The number of anilines is 1. The van der Waals surface area contributed by atoms with Crippen molar-refractivity contribution in [1.82, 2.24) is 14.9 Å². The summed E-state index contributed by atoms with van der Waals surface area (Å²) in [5.41, 5.74) is 1.31. The summed E-state index contributed by atoms with van der Waals surface area (Å²) in [6.07, 6.45) is -1.24. The minimum atomic E-state index is -1.23. The number of nitrogens with zero attached hydrogens (tertiary/aromatic N) is 4. The molecule has 3 N–H and O–H groups in total. The van der Waals surface area contributed by atoms with E-state index in [0.29, 0.717) is 37.6 Å². The topological polar surface area (TPSA) is 110 Å². The van der Waals surface area contributed by atoms with Gasteiger partial charge in [-0.25, -0.2) is 9.97 Å². The maximum absolute atomic E-state index is 12.6. The number of benzene rings is 2. The molecule has 1 amide bonds. The number of carbonyl (C=O) groups is 1. The lowest BCUT2D eigenvalue weighted by molar-refractivity contribution is -0.143. The molecule has 1 aliphatic heterocycles.